The van der Waals surface area contributed by atoms with Crippen LogP contribution in [0.5, 0.6) is 11.5 Å². The van der Waals surface area contributed by atoms with Gasteiger partial charge in [-0.3, -0.25) is 5.43 Å². The van der Waals surface area contributed by atoms with Crippen LogP contribution >= 0.6 is 0 Å². The van der Waals surface area contributed by atoms with Gasteiger partial charge in [-0.25, -0.2) is 4.98 Å². The molecule has 2 aromatic carbocycles. The first-order valence-electron chi connectivity index (χ1n) is 7.84. The van der Waals surface area contributed by atoms with Gasteiger partial charge in [-0.15, -0.1) is 0 Å². The summed E-state index contributed by atoms with van der Waals surface area (Å²) in [7, 11) is 3.16. The summed E-state index contributed by atoms with van der Waals surface area (Å²) in [5.41, 5.74) is 5.87. The molecule has 0 spiro atoms. The minimum atomic E-state index is 0.571. The number of hydrazone groups is 1. The maximum atomic E-state index is 5.30. The largest absolute Gasteiger partial charge is 0.493 e. The summed E-state index contributed by atoms with van der Waals surface area (Å²) in [6, 6.07) is 21.8. The van der Waals surface area contributed by atoms with E-state index in [0.717, 1.165) is 16.8 Å². The first-order valence-corrected chi connectivity index (χ1v) is 7.84. The number of benzene rings is 2. The van der Waals surface area contributed by atoms with Crippen molar-refractivity contribution < 1.29 is 9.47 Å². The highest BCUT2D eigenvalue weighted by Crippen LogP contribution is 2.27. The van der Waals surface area contributed by atoms with Gasteiger partial charge in [0.2, 0.25) is 0 Å². The molecule has 5 nitrogen and oxygen atoms in total. The summed E-state index contributed by atoms with van der Waals surface area (Å²) >= 11 is 0. The van der Waals surface area contributed by atoms with Gasteiger partial charge in [-0.2, -0.15) is 5.10 Å². The lowest BCUT2D eigenvalue weighted by atomic mass is 10.0. The minimum absolute atomic E-state index is 0.571. The second kappa shape index (κ2) is 7.97. The highest BCUT2D eigenvalue weighted by Gasteiger charge is 2.08. The van der Waals surface area contributed by atoms with Crippen molar-refractivity contribution in [3.05, 3.63) is 84.1 Å². The predicted octanol–water partition coefficient (Wildman–Crippen LogP) is 3.96. The predicted molar refractivity (Wildman–Crippen MR) is 99.5 cm³/mol. The molecule has 0 fully saturated rings. The average Bonchev–Trinajstić information content (AvgIpc) is 2.69. The highest BCUT2D eigenvalue weighted by atomic mass is 16.5. The zero-order chi connectivity index (χ0) is 17.5. The van der Waals surface area contributed by atoms with E-state index in [0.29, 0.717) is 17.3 Å². The zero-order valence-electron chi connectivity index (χ0n) is 14.1. The molecule has 0 radical (unpaired) electrons. The van der Waals surface area contributed by atoms with Crippen LogP contribution in [-0.2, 0) is 0 Å². The van der Waals surface area contributed by atoms with Gasteiger partial charge in [0.25, 0.3) is 0 Å². The molecule has 0 aliphatic rings. The van der Waals surface area contributed by atoms with Gasteiger partial charge in [-0.1, -0.05) is 60.7 Å². The van der Waals surface area contributed by atoms with Crippen molar-refractivity contribution in [3.8, 4) is 11.5 Å². The van der Waals surface area contributed by atoms with E-state index in [2.05, 4.69) is 15.5 Å². The fourth-order valence-electron chi connectivity index (χ4n) is 2.40. The number of nitrogens with one attached hydrogen (secondary N) is 1. The first kappa shape index (κ1) is 16.5. The normalized spacial score (nSPS) is 10.0. The van der Waals surface area contributed by atoms with Gasteiger partial charge in [0, 0.05) is 17.2 Å². The molecule has 1 N–H and O–H groups in total. The SMILES string of the molecule is COc1cnc(NN=C(c2ccccc2)c2ccccc2)cc1OC. The Bertz CT molecular complexity index is 808. The van der Waals surface area contributed by atoms with Crippen molar-refractivity contribution in [2.24, 2.45) is 5.10 Å². The smallest absolute Gasteiger partial charge is 0.179 e. The third-order valence-corrected chi connectivity index (χ3v) is 3.65. The van der Waals surface area contributed by atoms with Crippen LogP contribution in [-0.4, -0.2) is 24.9 Å². The molecule has 0 amide bonds. The summed E-state index contributed by atoms with van der Waals surface area (Å²) in [5, 5.41) is 4.57. The van der Waals surface area contributed by atoms with Crippen molar-refractivity contribution in [1.82, 2.24) is 4.98 Å². The van der Waals surface area contributed by atoms with E-state index in [1.807, 2.05) is 60.7 Å². The molecule has 1 aromatic heterocycles. The molecule has 3 aromatic rings. The summed E-state index contributed by atoms with van der Waals surface area (Å²) < 4.78 is 10.5. The number of pyridine rings is 1. The fourth-order valence-corrected chi connectivity index (χ4v) is 2.40. The molecule has 25 heavy (non-hydrogen) atoms. The van der Waals surface area contributed by atoms with Crippen LogP contribution in [0.15, 0.2) is 78.0 Å². The molecule has 0 aliphatic carbocycles. The van der Waals surface area contributed by atoms with Gasteiger partial charge in [0.15, 0.2) is 11.5 Å². The van der Waals surface area contributed by atoms with Gasteiger partial charge < -0.3 is 9.47 Å². The Kier molecular flexibility index (Phi) is 5.26. The number of ether oxygens (including phenoxy) is 2. The lowest BCUT2D eigenvalue weighted by Gasteiger charge is -2.10. The molecule has 0 unspecified atom stereocenters. The Morgan fingerprint density at radius 1 is 0.840 bits per heavy atom. The third-order valence-electron chi connectivity index (χ3n) is 3.65. The van der Waals surface area contributed by atoms with E-state index in [-0.39, 0.29) is 0 Å². The molecule has 3 rings (SSSR count). The van der Waals surface area contributed by atoms with Gasteiger partial charge in [-0.05, 0) is 0 Å². The second-order valence-electron chi connectivity index (χ2n) is 5.23. The lowest BCUT2D eigenvalue weighted by Crippen LogP contribution is -2.07. The number of nitrogens with zero attached hydrogens (tertiary/aromatic N) is 2. The maximum Gasteiger partial charge on any atom is 0.179 e. The number of methoxy groups -OCH3 is 2. The number of anilines is 1. The molecule has 126 valence electrons. The molecule has 5 heteroatoms. The molecular weight excluding hydrogens is 314 g/mol. The van der Waals surface area contributed by atoms with Gasteiger partial charge in [0.1, 0.15) is 5.82 Å². The van der Waals surface area contributed by atoms with Crippen LogP contribution in [0.1, 0.15) is 11.1 Å². The molecule has 0 atom stereocenters. The Balaban J connectivity index is 1.94. The molecule has 1 heterocycles. The molecule has 0 saturated carbocycles. The number of hydrogen-bond donors (Lipinski definition) is 1. The van der Waals surface area contributed by atoms with Crippen LogP contribution in [0.25, 0.3) is 0 Å². The van der Waals surface area contributed by atoms with Crippen molar-refractivity contribution in [2.45, 2.75) is 0 Å². The van der Waals surface area contributed by atoms with E-state index < -0.39 is 0 Å². The standard InChI is InChI=1S/C20H19N3O2/c1-24-17-13-19(21-14-18(17)25-2)22-23-20(15-9-5-3-6-10-15)16-11-7-4-8-12-16/h3-14H,1-2H3,(H,21,22). The summed E-state index contributed by atoms with van der Waals surface area (Å²) in [5.74, 6) is 1.74. The van der Waals surface area contributed by atoms with Crippen molar-refractivity contribution in [3.63, 3.8) is 0 Å². The van der Waals surface area contributed by atoms with Crippen LogP contribution in [0, 0.1) is 0 Å². The summed E-state index contributed by atoms with van der Waals surface area (Å²) in [6.07, 6.45) is 1.60. The maximum absolute atomic E-state index is 5.30. The monoisotopic (exact) mass is 333 g/mol. The van der Waals surface area contributed by atoms with E-state index in [4.69, 9.17) is 9.47 Å². The average molecular weight is 333 g/mol. The molecule has 0 bridgehead atoms. The Labute approximate surface area is 147 Å². The second-order valence-corrected chi connectivity index (χ2v) is 5.23. The van der Waals surface area contributed by atoms with Crippen molar-refractivity contribution >= 4 is 11.5 Å². The molecular formula is C20H19N3O2. The lowest BCUT2D eigenvalue weighted by molar-refractivity contribution is 0.353. The zero-order valence-corrected chi connectivity index (χ0v) is 14.1. The van der Waals surface area contributed by atoms with Crippen LogP contribution in [0.2, 0.25) is 0 Å². The topological polar surface area (TPSA) is 55.7 Å². The quantitative estimate of drug-likeness (QED) is 0.548. The van der Waals surface area contributed by atoms with Crippen LogP contribution in [0.4, 0.5) is 5.82 Å². The van der Waals surface area contributed by atoms with Crippen molar-refractivity contribution in [2.75, 3.05) is 19.6 Å². The number of hydrogen-bond acceptors (Lipinski definition) is 5. The minimum Gasteiger partial charge on any atom is -0.493 e. The molecule has 0 saturated heterocycles. The Morgan fingerprint density at radius 3 is 1.92 bits per heavy atom. The van der Waals surface area contributed by atoms with E-state index in [1.54, 1.807) is 26.5 Å². The number of aromatic nitrogens is 1. The van der Waals surface area contributed by atoms with Gasteiger partial charge in [0.05, 0.1) is 26.1 Å². The van der Waals surface area contributed by atoms with Crippen LogP contribution < -0.4 is 14.9 Å². The third kappa shape index (κ3) is 3.95. The van der Waals surface area contributed by atoms with Gasteiger partial charge >= 0.3 is 0 Å². The van der Waals surface area contributed by atoms with Crippen LogP contribution in [0.3, 0.4) is 0 Å². The Hall–Kier alpha value is -3.34. The van der Waals surface area contributed by atoms with Crippen molar-refractivity contribution in [1.29, 1.82) is 0 Å². The summed E-state index contributed by atoms with van der Waals surface area (Å²) in [4.78, 5) is 4.29. The van der Waals surface area contributed by atoms with E-state index >= 15 is 0 Å². The first-order chi connectivity index (χ1) is 12.3. The van der Waals surface area contributed by atoms with E-state index in [9.17, 15) is 0 Å². The molecule has 0 aliphatic heterocycles. The highest BCUT2D eigenvalue weighted by molar-refractivity contribution is 6.13. The Morgan fingerprint density at radius 2 is 1.40 bits per heavy atom. The fraction of sp³-hybridized carbons (Fsp3) is 0.100. The van der Waals surface area contributed by atoms with E-state index in [1.165, 1.54) is 0 Å². The summed E-state index contributed by atoms with van der Waals surface area (Å²) in [6.45, 7) is 0. The number of rotatable bonds is 6.